The highest BCUT2D eigenvalue weighted by atomic mass is 16.4. The number of anilines is 1. The van der Waals surface area contributed by atoms with Gasteiger partial charge in [-0.2, -0.15) is 0 Å². The van der Waals surface area contributed by atoms with Crippen molar-refractivity contribution in [1.29, 1.82) is 0 Å². The number of carbonyl (C=O) groups excluding carboxylic acids is 1. The Morgan fingerprint density at radius 2 is 2.38 bits per heavy atom. The Labute approximate surface area is 74.5 Å². The normalized spacial score (nSPS) is 15.7. The van der Waals surface area contributed by atoms with Crippen molar-refractivity contribution in [3.63, 3.8) is 0 Å². The molecule has 0 aliphatic heterocycles. The summed E-state index contributed by atoms with van der Waals surface area (Å²) in [5.41, 5.74) is 5.16. The second-order valence-electron chi connectivity index (χ2n) is 3.10. The minimum atomic E-state index is -0.351. The summed E-state index contributed by atoms with van der Waals surface area (Å²) in [6, 6.07) is -0.0865. The second-order valence-corrected chi connectivity index (χ2v) is 3.10. The summed E-state index contributed by atoms with van der Waals surface area (Å²) in [6.45, 7) is 0.682. The van der Waals surface area contributed by atoms with Crippen LogP contribution in [0.25, 0.3) is 0 Å². The highest BCUT2D eigenvalue weighted by Gasteiger charge is 2.23. The summed E-state index contributed by atoms with van der Waals surface area (Å²) in [7, 11) is 0. The molecule has 0 saturated heterocycles. The zero-order valence-corrected chi connectivity index (χ0v) is 6.99. The molecule has 0 aromatic carbocycles. The fourth-order valence-corrected chi connectivity index (χ4v) is 0.961. The molecular weight excluding hydrogens is 172 g/mol. The first-order valence-corrected chi connectivity index (χ1v) is 4.13. The maximum Gasteiger partial charge on any atom is 0.313 e. The van der Waals surface area contributed by atoms with Gasteiger partial charge in [-0.1, -0.05) is 5.10 Å². The van der Waals surface area contributed by atoms with E-state index in [0.717, 1.165) is 0 Å². The number of carbonyl (C=O) groups is 1. The van der Waals surface area contributed by atoms with Crippen LogP contribution in [-0.2, 0) is 0 Å². The number of nitrogens with one attached hydrogen (secondary N) is 1. The van der Waals surface area contributed by atoms with Crippen molar-refractivity contribution in [1.82, 2.24) is 15.5 Å². The van der Waals surface area contributed by atoms with E-state index in [2.05, 4.69) is 15.5 Å². The van der Waals surface area contributed by atoms with Crippen LogP contribution in [0.15, 0.2) is 4.42 Å². The second kappa shape index (κ2) is 3.04. The molecule has 6 heteroatoms. The van der Waals surface area contributed by atoms with E-state index in [1.54, 1.807) is 0 Å². The average Bonchev–Trinajstić information content (AvgIpc) is 2.84. The van der Waals surface area contributed by atoms with Gasteiger partial charge < -0.3 is 15.5 Å². The Morgan fingerprint density at radius 3 is 2.92 bits per heavy atom. The lowest BCUT2D eigenvalue weighted by Gasteiger charge is -1.97. The third-order valence-corrected chi connectivity index (χ3v) is 1.88. The lowest BCUT2D eigenvalue weighted by Crippen LogP contribution is -2.25. The molecule has 0 unspecified atom stereocenters. The Balaban J connectivity index is 1.88. The van der Waals surface area contributed by atoms with E-state index in [1.165, 1.54) is 12.8 Å². The average molecular weight is 182 g/mol. The van der Waals surface area contributed by atoms with Crippen molar-refractivity contribution in [2.45, 2.75) is 12.8 Å². The predicted molar refractivity (Wildman–Crippen MR) is 43.8 cm³/mol. The first-order chi connectivity index (χ1) is 6.25. The van der Waals surface area contributed by atoms with Gasteiger partial charge in [0.2, 0.25) is 0 Å². The van der Waals surface area contributed by atoms with Crippen LogP contribution >= 0.6 is 0 Å². The molecule has 70 valence electrons. The van der Waals surface area contributed by atoms with E-state index in [1.807, 2.05) is 0 Å². The van der Waals surface area contributed by atoms with Gasteiger partial charge in [-0.3, -0.25) is 4.79 Å². The van der Waals surface area contributed by atoms with E-state index >= 15 is 0 Å². The molecule has 13 heavy (non-hydrogen) atoms. The molecule has 0 bridgehead atoms. The topological polar surface area (TPSA) is 94.0 Å². The monoisotopic (exact) mass is 182 g/mol. The molecule has 0 atom stereocenters. The van der Waals surface area contributed by atoms with Crippen LogP contribution in [0.2, 0.25) is 0 Å². The number of hydrogen-bond acceptors (Lipinski definition) is 5. The summed E-state index contributed by atoms with van der Waals surface area (Å²) in [5.74, 6) is 0.207. The molecule has 1 aromatic rings. The number of nitrogen functional groups attached to an aromatic ring is 1. The van der Waals surface area contributed by atoms with Crippen LogP contribution in [0.1, 0.15) is 23.5 Å². The number of hydrogen-bond donors (Lipinski definition) is 2. The van der Waals surface area contributed by atoms with E-state index in [0.29, 0.717) is 12.5 Å². The van der Waals surface area contributed by atoms with E-state index in [9.17, 15) is 4.79 Å². The van der Waals surface area contributed by atoms with Crippen LogP contribution in [0.4, 0.5) is 6.01 Å². The minimum absolute atomic E-state index is 0.0712. The molecule has 1 heterocycles. The van der Waals surface area contributed by atoms with Crippen molar-refractivity contribution >= 4 is 11.9 Å². The molecule has 1 amide bonds. The van der Waals surface area contributed by atoms with Gasteiger partial charge in [0.25, 0.3) is 0 Å². The molecule has 3 N–H and O–H groups in total. The molecular formula is C7H10N4O2. The van der Waals surface area contributed by atoms with Gasteiger partial charge in [0.1, 0.15) is 0 Å². The largest absolute Gasteiger partial charge is 0.399 e. The predicted octanol–water partition coefficient (Wildman–Crippen LogP) is -0.208. The maximum absolute atomic E-state index is 11.2. The number of nitrogens with zero attached hydrogens (tertiary/aromatic N) is 2. The third kappa shape index (κ3) is 1.95. The van der Waals surface area contributed by atoms with Gasteiger partial charge in [-0.15, -0.1) is 5.10 Å². The molecule has 1 saturated carbocycles. The van der Waals surface area contributed by atoms with Crippen molar-refractivity contribution in [3.8, 4) is 0 Å². The van der Waals surface area contributed by atoms with E-state index in [4.69, 9.17) is 10.2 Å². The SMILES string of the molecule is Nc1nnc(C(=O)NCC2CC2)o1. The lowest BCUT2D eigenvalue weighted by atomic mass is 10.4. The minimum Gasteiger partial charge on any atom is -0.399 e. The first-order valence-electron chi connectivity index (χ1n) is 4.13. The molecule has 0 spiro atoms. The van der Waals surface area contributed by atoms with Gasteiger partial charge in [0.15, 0.2) is 0 Å². The quantitative estimate of drug-likeness (QED) is 0.674. The summed E-state index contributed by atoms with van der Waals surface area (Å²) in [5, 5.41) is 9.52. The van der Waals surface area contributed by atoms with E-state index < -0.39 is 0 Å². The number of rotatable bonds is 3. The Hall–Kier alpha value is -1.59. The summed E-state index contributed by atoms with van der Waals surface area (Å²) in [4.78, 5) is 11.2. The van der Waals surface area contributed by atoms with Crippen LogP contribution < -0.4 is 11.1 Å². The summed E-state index contributed by atoms with van der Waals surface area (Å²) < 4.78 is 4.74. The van der Waals surface area contributed by atoms with Crippen molar-refractivity contribution in [2.24, 2.45) is 5.92 Å². The molecule has 1 aliphatic carbocycles. The fourth-order valence-electron chi connectivity index (χ4n) is 0.961. The van der Waals surface area contributed by atoms with Crippen LogP contribution in [0, 0.1) is 5.92 Å². The van der Waals surface area contributed by atoms with Gasteiger partial charge in [-0.05, 0) is 18.8 Å². The standard InChI is InChI=1S/C7H10N4O2/c8-7-11-10-6(13-7)5(12)9-3-4-1-2-4/h4H,1-3H2,(H2,8,11)(H,9,12). The number of amides is 1. The van der Waals surface area contributed by atoms with Gasteiger partial charge in [0, 0.05) is 6.54 Å². The molecule has 1 aliphatic rings. The van der Waals surface area contributed by atoms with E-state index in [-0.39, 0.29) is 17.8 Å². The Bertz CT molecular complexity index is 318. The van der Waals surface area contributed by atoms with Gasteiger partial charge in [0.05, 0.1) is 0 Å². The third-order valence-electron chi connectivity index (χ3n) is 1.88. The summed E-state index contributed by atoms with van der Waals surface area (Å²) in [6.07, 6.45) is 2.37. The molecule has 6 nitrogen and oxygen atoms in total. The van der Waals surface area contributed by atoms with Crippen LogP contribution in [0.3, 0.4) is 0 Å². The summed E-state index contributed by atoms with van der Waals surface area (Å²) >= 11 is 0. The smallest absolute Gasteiger partial charge is 0.313 e. The maximum atomic E-state index is 11.2. The highest BCUT2D eigenvalue weighted by Crippen LogP contribution is 2.27. The van der Waals surface area contributed by atoms with Crippen LogP contribution in [0.5, 0.6) is 0 Å². The van der Waals surface area contributed by atoms with Gasteiger partial charge >= 0.3 is 17.8 Å². The molecule has 0 radical (unpaired) electrons. The molecule has 1 fully saturated rings. The Kier molecular flexibility index (Phi) is 1.88. The zero-order chi connectivity index (χ0) is 9.26. The van der Waals surface area contributed by atoms with Crippen molar-refractivity contribution in [3.05, 3.63) is 5.89 Å². The molecule has 2 rings (SSSR count). The highest BCUT2D eigenvalue weighted by molar-refractivity contribution is 5.89. The Morgan fingerprint density at radius 1 is 1.62 bits per heavy atom. The molecule has 1 aromatic heterocycles. The fraction of sp³-hybridized carbons (Fsp3) is 0.571. The van der Waals surface area contributed by atoms with Crippen molar-refractivity contribution in [2.75, 3.05) is 12.3 Å². The number of aromatic nitrogens is 2. The van der Waals surface area contributed by atoms with Crippen molar-refractivity contribution < 1.29 is 9.21 Å². The zero-order valence-electron chi connectivity index (χ0n) is 6.99. The lowest BCUT2D eigenvalue weighted by molar-refractivity contribution is 0.0918. The van der Waals surface area contributed by atoms with Gasteiger partial charge in [-0.25, -0.2) is 0 Å². The number of nitrogens with two attached hydrogens (primary N) is 1. The first kappa shape index (κ1) is 8.03. The van der Waals surface area contributed by atoms with Crippen LogP contribution in [-0.4, -0.2) is 22.6 Å².